The Morgan fingerprint density at radius 2 is 2.20 bits per heavy atom. The van der Waals surface area contributed by atoms with Crippen LogP contribution in [0.15, 0.2) is 30.3 Å². The van der Waals surface area contributed by atoms with Crippen molar-refractivity contribution in [1.82, 2.24) is 5.32 Å². The van der Waals surface area contributed by atoms with E-state index in [1.54, 1.807) is 0 Å². The Morgan fingerprint density at radius 3 is 2.85 bits per heavy atom. The molecule has 0 spiro atoms. The summed E-state index contributed by atoms with van der Waals surface area (Å²) < 4.78 is 17.9. The highest BCUT2D eigenvalue weighted by Gasteiger charge is 2.26. The van der Waals surface area contributed by atoms with Crippen molar-refractivity contribution in [3.8, 4) is 0 Å². The lowest BCUT2D eigenvalue weighted by molar-refractivity contribution is 0.179. The lowest BCUT2D eigenvalue weighted by Gasteiger charge is -2.23. The van der Waals surface area contributed by atoms with Crippen LogP contribution in [0.4, 0.5) is 0 Å². The summed E-state index contributed by atoms with van der Waals surface area (Å²) in [5.41, 5.74) is 1.16. The van der Waals surface area contributed by atoms with Crippen molar-refractivity contribution in [2.45, 2.75) is 31.6 Å². The van der Waals surface area contributed by atoms with Crippen LogP contribution in [0.25, 0.3) is 0 Å². The minimum Gasteiger partial charge on any atom is -0.381 e. The summed E-state index contributed by atoms with van der Waals surface area (Å²) in [5.74, 6) is 1.89. The Balaban J connectivity index is 1.87. The van der Waals surface area contributed by atoms with E-state index < -0.39 is 10.8 Å². The molecule has 20 heavy (non-hydrogen) atoms. The van der Waals surface area contributed by atoms with Crippen molar-refractivity contribution in [3.63, 3.8) is 0 Å². The van der Waals surface area contributed by atoms with Crippen LogP contribution in [-0.4, -0.2) is 35.8 Å². The van der Waals surface area contributed by atoms with E-state index in [0.29, 0.717) is 17.7 Å². The Hall–Kier alpha value is -0.710. The predicted molar refractivity (Wildman–Crippen MR) is 84.2 cm³/mol. The average Bonchev–Trinajstić information content (AvgIpc) is 2.98. The fraction of sp³-hybridized carbons (Fsp3) is 0.625. The molecule has 2 rings (SSSR count). The second kappa shape index (κ2) is 8.55. The van der Waals surface area contributed by atoms with E-state index in [-0.39, 0.29) is 0 Å². The average molecular weight is 295 g/mol. The van der Waals surface area contributed by atoms with E-state index in [9.17, 15) is 4.21 Å². The number of hydrogen-bond acceptors (Lipinski definition) is 3. The molecule has 1 aromatic rings. The highest BCUT2D eigenvalue weighted by atomic mass is 32.2. The van der Waals surface area contributed by atoms with Gasteiger partial charge in [0, 0.05) is 40.9 Å². The van der Waals surface area contributed by atoms with Gasteiger partial charge in [-0.05, 0) is 24.9 Å². The minimum atomic E-state index is -0.819. The zero-order chi connectivity index (χ0) is 14.2. The molecule has 1 aromatic carbocycles. The molecule has 1 aliphatic rings. The first-order chi connectivity index (χ1) is 9.79. The van der Waals surface area contributed by atoms with Crippen molar-refractivity contribution in [2.75, 3.05) is 25.5 Å². The lowest BCUT2D eigenvalue weighted by Crippen LogP contribution is -2.41. The Bertz CT molecular complexity index is 404. The molecule has 3 nitrogen and oxygen atoms in total. The summed E-state index contributed by atoms with van der Waals surface area (Å²) in [6.07, 6.45) is 2.19. The lowest BCUT2D eigenvalue weighted by atomic mass is 10.0. The topological polar surface area (TPSA) is 38.3 Å². The number of nitrogens with one attached hydrogen (secondary N) is 1. The van der Waals surface area contributed by atoms with E-state index in [0.717, 1.165) is 43.9 Å². The molecule has 112 valence electrons. The van der Waals surface area contributed by atoms with Gasteiger partial charge in [0.25, 0.3) is 0 Å². The molecule has 0 bridgehead atoms. The standard InChI is InChI=1S/C16H25NO2S/c1-2-9-17-16(15-8-10-19-11-15)13-20(18)12-14-6-4-3-5-7-14/h3-7,15-17H,2,8-13H2,1H3. The van der Waals surface area contributed by atoms with Crippen LogP contribution in [0.5, 0.6) is 0 Å². The van der Waals surface area contributed by atoms with E-state index in [2.05, 4.69) is 12.2 Å². The molecule has 1 N–H and O–H groups in total. The van der Waals surface area contributed by atoms with Gasteiger partial charge in [-0.1, -0.05) is 37.3 Å². The third kappa shape index (κ3) is 5.00. The summed E-state index contributed by atoms with van der Waals surface area (Å²) in [4.78, 5) is 0. The second-order valence-corrected chi connectivity index (χ2v) is 6.92. The van der Waals surface area contributed by atoms with Crippen molar-refractivity contribution in [2.24, 2.45) is 5.92 Å². The first-order valence-electron chi connectivity index (χ1n) is 7.49. The Morgan fingerprint density at radius 1 is 1.40 bits per heavy atom. The fourth-order valence-corrected chi connectivity index (χ4v) is 4.05. The normalized spacial score (nSPS) is 21.8. The maximum Gasteiger partial charge on any atom is 0.0510 e. The van der Waals surface area contributed by atoms with Gasteiger partial charge in [-0.3, -0.25) is 4.21 Å². The number of benzene rings is 1. The molecule has 3 unspecified atom stereocenters. The van der Waals surface area contributed by atoms with Gasteiger partial charge < -0.3 is 10.1 Å². The first-order valence-corrected chi connectivity index (χ1v) is 8.98. The smallest absolute Gasteiger partial charge is 0.0510 e. The third-order valence-corrected chi connectivity index (χ3v) is 5.11. The van der Waals surface area contributed by atoms with E-state index in [1.165, 1.54) is 0 Å². The highest BCUT2D eigenvalue weighted by molar-refractivity contribution is 7.84. The Labute approximate surface area is 124 Å². The molecule has 1 fully saturated rings. The van der Waals surface area contributed by atoms with Crippen LogP contribution >= 0.6 is 0 Å². The number of hydrogen-bond donors (Lipinski definition) is 1. The van der Waals surface area contributed by atoms with E-state index in [4.69, 9.17) is 4.74 Å². The molecule has 0 radical (unpaired) electrons. The van der Waals surface area contributed by atoms with Crippen LogP contribution in [0.2, 0.25) is 0 Å². The maximum absolute atomic E-state index is 12.4. The molecule has 1 saturated heterocycles. The summed E-state index contributed by atoms with van der Waals surface area (Å²) in [5, 5.41) is 3.55. The molecule has 3 atom stereocenters. The maximum atomic E-state index is 12.4. The van der Waals surface area contributed by atoms with Gasteiger partial charge in [-0.15, -0.1) is 0 Å². The quantitative estimate of drug-likeness (QED) is 0.800. The monoisotopic (exact) mass is 295 g/mol. The van der Waals surface area contributed by atoms with Crippen LogP contribution in [0.1, 0.15) is 25.3 Å². The second-order valence-electron chi connectivity index (χ2n) is 5.42. The molecule has 1 heterocycles. The summed E-state index contributed by atoms with van der Waals surface area (Å²) in [6.45, 7) is 4.81. The number of ether oxygens (including phenoxy) is 1. The van der Waals surface area contributed by atoms with Crippen LogP contribution < -0.4 is 5.32 Å². The van der Waals surface area contributed by atoms with Crippen molar-refractivity contribution >= 4 is 10.8 Å². The van der Waals surface area contributed by atoms with Crippen molar-refractivity contribution in [1.29, 1.82) is 0 Å². The summed E-state index contributed by atoms with van der Waals surface area (Å²) in [7, 11) is -0.819. The largest absolute Gasteiger partial charge is 0.381 e. The van der Waals surface area contributed by atoms with Gasteiger partial charge in [-0.2, -0.15) is 0 Å². The van der Waals surface area contributed by atoms with E-state index >= 15 is 0 Å². The molecular weight excluding hydrogens is 270 g/mol. The molecule has 0 aromatic heterocycles. The molecule has 0 aliphatic carbocycles. The Kier molecular flexibility index (Phi) is 6.70. The number of rotatable bonds is 8. The van der Waals surface area contributed by atoms with Gasteiger partial charge in [0.05, 0.1) is 6.61 Å². The van der Waals surface area contributed by atoms with Gasteiger partial charge in [0.2, 0.25) is 0 Å². The summed E-state index contributed by atoms with van der Waals surface area (Å²) in [6, 6.07) is 10.4. The van der Waals surface area contributed by atoms with Gasteiger partial charge in [0.1, 0.15) is 0 Å². The zero-order valence-corrected chi connectivity index (χ0v) is 13.0. The van der Waals surface area contributed by atoms with Gasteiger partial charge in [0.15, 0.2) is 0 Å². The SMILES string of the molecule is CCCNC(CS(=O)Cc1ccccc1)C1CCOC1. The molecular formula is C16H25NO2S. The zero-order valence-electron chi connectivity index (χ0n) is 12.2. The highest BCUT2D eigenvalue weighted by Crippen LogP contribution is 2.18. The fourth-order valence-electron chi connectivity index (χ4n) is 2.58. The molecule has 0 saturated carbocycles. The molecule has 0 amide bonds. The van der Waals surface area contributed by atoms with Crippen molar-refractivity contribution < 1.29 is 8.95 Å². The van der Waals surface area contributed by atoms with Gasteiger partial charge in [-0.25, -0.2) is 0 Å². The third-order valence-electron chi connectivity index (χ3n) is 3.73. The van der Waals surface area contributed by atoms with E-state index in [1.807, 2.05) is 30.3 Å². The molecule has 1 aliphatic heterocycles. The first kappa shape index (κ1) is 15.7. The van der Waals surface area contributed by atoms with Crippen LogP contribution in [-0.2, 0) is 21.3 Å². The predicted octanol–water partition coefficient (Wildman–Crippen LogP) is 2.34. The van der Waals surface area contributed by atoms with Crippen molar-refractivity contribution in [3.05, 3.63) is 35.9 Å². The molecule has 4 heteroatoms. The van der Waals surface area contributed by atoms with Crippen LogP contribution in [0, 0.1) is 5.92 Å². The minimum absolute atomic E-state index is 0.321. The van der Waals surface area contributed by atoms with Gasteiger partial charge >= 0.3 is 0 Å². The van der Waals surface area contributed by atoms with Crippen LogP contribution in [0.3, 0.4) is 0 Å². The summed E-state index contributed by atoms with van der Waals surface area (Å²) >= 11 is 0.